The number of hydrogen-bond acceptors (Lipinski definition) is 5. The highest BCUT2D eigenvalue weighted by Gasteiger charge is 2.33. The average molecular weight is 332 g/mol. The summed E-state index contributed by atoms with van der Waals surface area (Å²) >= 11 is 0.589. The molecule has 8 heteroatoms. The molecule has 0 saturated heterocycles. The lowest BCUT2D eigenvalue weighted by molar-refractivity contribution is -0.134. The Kier molecular flexibility index (Phi) is 5.12. The van der Waals surface area contributed by atoms with Crippen molar-refractivity contribution >= 4 is 16.5 Å². The minimum Gasteiger partial charge on any atom is -0.497 e. The predicted octanol–water partition coefficient (Wildman–Crippen LogP) is 3.83. The Balaban J connectivity index is 1.97. The van der Waals surface area contributed by atoms with Crippen LogP contribution in [0.15, 0.2) is 24.4 Å². The smallest absolute Gasteiger partial charge is 0.427 e. The zero-order chi connectivity index (χ0) is 16.2. The molecule has 1 N–H and O–H groups in total. The quantitative estimate of drug-likeness (QED) is 0.873. The largest absolute Gasteiger partial charge is 0.497 e. The number of anilines is 1. The summed E-state index contributed by atoms with van der Waals surface area (Å²) < 4.78 is 47.8. The highest BCUT2D eigenvalue weighted by Crippen LogP contribution is 2.35. The van der Waals surface area contributed by atoms with Crippen LogP contribution >= 0.6 is 11.3 Å². The van der Waals surface area contributed by atoms with Gasteiger partial charge in [-0.15, -0.1) is 0 Å². The molecule has 2 rings (SSSR count). The van der Waals surface area contributed by atoms with Crippen molar-refractivity contribution < 1.29 is 22.6 Å². The van der Waals surface area contributed by atoms with Crippen molar-refractivity contribution in [3.8, 4) is 11.5 Å². The molecule has 0 saturated carbocycles. The first-order chi connectivity index (χ1) is 10.4. The van der Waals surface area contributed by atoms with E-state index in [4.69, 9.17) is 9.47 Å². The number of alkyl halides is 3. The number of thiazole rings is 1. The minimum atomic E-state index is -4.35. The maximum atomic E-state index is 12.5. The van der Waals surface area contributed by atoms with Gasteiger partial charge < -0.3 is 14.8 Å². The number of benzene rings is 1. The number of nitrogens with one attached hydrogen (secondary N) is 1. The van der Waals surface area contributed by atoms with Gasteiger partial charge in [-0.25, -0.2) is 4.98 Å². The van der Waals surface area contributed by atoms with E-state index in [-0.39, 0.29) is 5.13 Å². The van der Waals surface area contributed by atoms with Crippen molar-refractivity contribution in [2.45, 2.75) is 12.6 Å². The molecule has 0 amide bonds. The van der Waals surface area contributed by atoms with Gasteiger partial charge in [0.15, 0.2) is 5.13 Å². The Morgan fingerprint density at radius 2 is 2.00 bits per heavy atom. The van der Waals surface area contributed by atoms with E-state index < -0.39 is 11.1 Å². The van der Waals surface area contributed by atoms with Gasteiger partial charge in [0.05, 0.1) is 20.4 Å². The molecule has 1 aromatic carbocycles. The van der Waals surface area contributed by atoms with E-state index in [9.17, 15) is 13.2 Å². The average Bonchev–Trinajstić information content (AvgIpc) is 2.96. The summed E-state index contributed by atoms with van der Waals surface area (Å²) in [5, 5.41) is 3.13. The Bertz CT molecular complexity index is 629. The van der Waals surface area contributed by atoms with E-state index in [0.29, 0.717) is 35.8 Å². The first kappa shape index (κ1) is 16.4. The number of rotatable bonds is 6. The maximum Gasteiger partial charge on any atom is 0.427 e. The summed E-state index contributed by atoms with van der Waals surface area (Å²) in [6, 6.07) is 5.41. The fourth-order valence-electron chi connectivity index (χ4n) is 1.87. The van der Waals surface area contributed by atoms with Gasteiger partial charge in [0.2, 0.25) is 0 Å². The molecule has 0 atom stereocenters. The van der Waals surface area contributed by atoms with Gasteiger partial charge in [0.25, 0.3) is 0 Å². The van der Waals surface area contributed by atoms with Crippen LogP contribution in [0.5, 0.6) is 11.5 Å². The summed E-state index contributed by atoms with van der Waals surface area (Å²) in [6.45, 7) is 0.439. The van der Waals surface area contributed by atoms with Gasteiger partial charge in [-0.05, 0) is 30.2 Å². The second-order valence-electron chi connectivity index (χ2n) is 4.38. The number of nitrogens with zero attached hydrogens (tertiary/aromatic N) is 1. The molecule has 0 aliphatic heterocycles. The SMILES string of the molecule is COc1ccc(OC)c(CCNc2ncc(C(F)(F)F)s2)c1. The first-order valence-corrected chi connectivity index (χ1v) is 7.23. The molecule has 0 spiro atoms. The topological polar surface area (TPSA) is 43.4 Å². The molecule has 0 bridgehead atoms. The van der Waals surface area contributed by atoms with E-state index in [2.05, 4.69) is 10.3 Å². The lowest BCUT2D eigenvalue weighted by Gasteiger charge is -2.10. The molecule has 2 aromatic rings. The third-order valence-electron chi connectivity index (χ3n) is 2.94. The molecule has 120 valence electrons. The molecule has 4 nitrogen and oxygen atoms in total. The fourth-order valence-corrected chi connectivity index (χ4v) is 2.58. The minimum absolute atomic E-state index is 0.245. The fraction of sp³-hybridized carbons (Fsp3) is 0.357. The van der Waals surface area contributed by atoms with Crippen LogP contribution < -0.4 is 14.8 Å². The number of ether oxygens (including phenoxy) is 2. The van der Waals surface area contributed by atoms with Crippen LogP contribution in [0.25, 0.3) is 0 Å². The van der Waals surface area contributed by atoms with Crippen LogP contribution in [0.3, 0.4) is 0 Å². The highest BCUT2D eigenvalue weighted by molar-refractivity contribution is 7.15. The van der Waals surface area contributed by atoms with Gasteiger partial charge in [-0.2, -0.15) is 13.2 Å². The molecule has 22 heavy (non-hydrogen) atoms. The normalized spacial score (nSPS) is 11.3. The summed E-state index contributed by atoms with van der Waals surface area (Å²) in [5.41, 5.74) is 0.905. The van der Waals surface area contributed by atoms with Gasteiger partial charge in [-0.1, -0.05) is 11.3 Å². The zero-order valence-electron chi connectivity index (χ0n) is 12.0. The molecule has 0 radical (unpaired) electrons. The van der Waals surface area contributed by atoms with Crippen LogP contribution in [-0.2, 0) is 12.6 Å². The summed E-state index contributed by atoms with van der Waals surface area (Å²) in [5.74, 6) is 1.40. The van der Waals surface area contributed by atoms with Crippen LogP contribution in [0.1, 0.15) is 10.4 Å². The second kappa shape index (κ2) is 6.87. The van der Waals surface area contributed by atoms with Gasteiger partial charge in [0, 0.05) is 6.54 Å². The van der Waals surface area contributed by atoms with Gasteiger partial charge >= 0.3 is 6.18 Å². The van der Waals surface area contributed by atoms with E-state index in [1.54, 1.807) is 26.4 Å². The summed E-state index contributed by atoms with van der Waals surface area (Å²) in [6.07, 6.45) is -2.95. The van der Waals surface area contributed by atoms with Crippen LogP contribution in [0.4, 0.5) is 18.3 Å². The predicted molar refractivity (Wildman–Crippen MR) is 78.9 cm³/mol. The van der Waals surface area contributed by atoms with E-state index in [1.165, 1.54) is 0 Å². The van der Waals surface area contributed by atoms with Crippen molar-refractivity contribution in [3.05, 3.63) is 34.8 Å². The number of halogens is 3. The Hall–Kier alpha value is -1.96. The number of methoxy groups -OCH3 is 2. The van der Waals surface area contributed by atoms with Crippen molar-refractivity contribution in [1.82, 2.24) is 4.98 Å². The monoisotopic (exact) mass is 332 g/mol. The summed E-state index contributed by atoms with van der Waals surface area (Å²) in [4.78, 5) is 3.01. The van der Waals surface area contributed by atoms with E-state index in [0.717, 1.165) is 11.8 Å². The van der Waals surface area contributed by atoms with Crippen molar-refractivity contribution in [2.75, 3.05) is 26.1 Å². The standard InChI is InChI=1S/C14H15F3N2O2S/c1-20-10-3-4-11(21-2)9(7-10)5-6-18-13-19-8-12(22-13)14(15,16)17/h3-4,7-8H,5-6H2,1-2H3,(H,18,19). The third-order valence-corrected chi connectivity index (χ3v) is 3.94. The molecule has 0 aliphatic rings. The second-order valence-corrected chi connectivity index (χ2v) is 5.41. The Labute approximate surface area is 129 Å². The lowest BCUT2D eigenvalue weighted by Crippen LogP contribution is -2.06. The van der Waals surface area contributed by atoms with Crippen molar-refractivity contribution in [1.29, 1.82) is 0 Å². The van der Waals surface area contributed by atoms with Crippen molar-refractivity contribution in [2.24, 2.45) is 0 Å². The molecule has 0 fully saturated rings. The van der Waals surface area contributed by atoms with E-state index >= 15 is 0 Å². The molecular formula is C14H15F3N2O2S. The number of aromatic nitrogens is 1. The molecule has 1 heterocycles. The zero-order valence-corrected chi connectivity index (χ0v) is 12.8. The Morgan fingerprint density at radius 3 is 2.59 bits per heavy atom. The van der Waals surface area contributed by atoms with E-state index in [1.807, 2.05) is 6.07 Å². The molecule has 0 aliphatic carbocycles. The maximum absolute atomic E-state index is 12.5. The first-order valence-electron chi connectivity index (χ1n) is 6.42. The highest BCUT2D eigenvalue weighted by atomic mass is 32.1. The molecular weight excluding hydrogens is 317 g/mol. The number of hydrogen-bond donors (Lipinski definition) is 1. The van der Waals surface area contributed by atoms with Gasteiger partial charge in [-0.3, -0.25) is 0 Å². The van der Waals surface area contributed by atoms with Crippen molar-refractivity contribution in [3.63, 3.8) is 0 Å². The third kappa shape index (κ3) is 4.03. The molecule has 0 unspecified atom stereocenters. The lowest BCUT2D eigenvalue weighted by atomic mass is 10.1. The summed E-state index contributed by atoms with van der Waals surface area (Å²) in [7, 11) is 3.13. The Morgan fingerprint density at radius 1 is 1.23 bits per heavy atom. The van der Waals surface area contributed by atoms with Crippen LogP contribution in [0, 0.1) is 0 Å². The van der Waals surface area contributed by atoms with Gasteiger partial charge in [0.1, 0.15) is 16.4 Å². The molecule has 1 aromatic heterocycles. The van der Waals surface area contributed by atoms with Crippen LogP contribution in [-0.4, -0.2) is 25.7 Å². The van der Waals surface area contributed by atoms with Crippen LogP contribution in [0.2, 0.25) is 0 Å².